The largest absolute Gasteiger partial charge is 0.463 e. The highest BCUT2D eigenvalue weighted by molar-refractivity contribution is 5.77. The molecule has 1 amide bonds. The third-order valence-electron chi connectivity index (χ3n) is 4.49. The van der Waals surface area contributed by atoms with E-state index in [4.69, 9.17) is 9.15 Å². The van der Waals surface area contributed by atoms with Crippen LogP contribution in [-0.4, -0.2) is 35.4 Å². The number of rotatable bonds is 4. The van der Waals surface area contributed by atoms with Gasteiger partial charge in [-0.3, -0.25) is 4.79 Å². The predicted molar refractivity (Wildman–Crippen MR) is 72.5 cm³/mol. The van der Waals surface area contributed by atoms with Gasteiger partial charge in [0.2, 0.25) is 11.5 Å². The Kier molecular flexibility index (Phi) is 3.92. The third-order valence-corrected chi connectivity index (χ3v) is 4.49. The molecule has 8 heteroatoms. The minimum Gasteiger partial charge on any atom is -0.463 e. The Bertz CT molecular complexity index is 600. The van der Waals surface area contributed by atoms with E-state index >= 15 is 0 Å². The van der Waals surface area contributed by atoms with E-state index in [1.54, 1.807) is 0 Å². The van der Waals surface area contributed by atoms with Gasteiger partial charge in [0, 0.05) is 0 Å². The molecular formula is C15H18F3NO4. The van der Waals surface area contributed by atoms with Gasteiger partial charge < -0.3 is 19.6 Å². The van der Waals surface area contributed by atoms with Gasteiger partial charge in [-0.05, 0) is 38.3 Å². The van der Waals surface area contributed by atoms with Gasteiger partial charge in [-0.25, -0.2) is 0 Å². The van der Waals surface area contributed by atoms with E-state index in [0.717, 1.165) is 18.9 Å². The van der Waals surface area contributed by atoms with Crippen LogP contribution in [0, 0.1) is 6.92 Å². The fourth-order valence-corrected chi connectivity index (χ4v) is 3.26. The summed E-state index contributed by atoms with van der Waals surface area (Å²) in [5.41, 5.74) is -3.34. The van der Waals surface area contributed by atoms with Crippen LogP contribution in [0.2, 0.25) is 0 Å². The minimum atomic E-state index is -5.03. The van der Waals surface area contributed by atoms with Gasteiger partial charge >= 0.3 is 6.18 Å². The van der Waals surface area contributed by atoms with Crippen molar-refractivity contribution in [3.8, 4) is 0 Å². The first kappa shape index (κ1) is 16.3. The molecule has 1 aromatic rings. The van der Waals surface area contributed by atoms with Crippen LogP contribution in [0.15, 0.2) is 16.5 Å². The van der Waals surface area contributed by atoms with Crippen LogP contribution in [0.25, 0.3) is 0 Å². The molecule has 4 unspecified atom stereocenters. The molecule has 0 aliphatic carbocycles. The van der Waals surface area contributed by atoms with Crippen molar-refractivity contribution in [1.29, 1.82) is 0 Å². The average molecular weight is 333 g/mol. The molecule has 0 aromatic carbocycles. The molecule has 2 N–H and O–H groups in total. The predicted octanol–water partition coefficient (Wildman–Crippen LogP) is 2.16. The van der Waals surface area contributed by atoms with Crippen molar-refractivity contribution in [2.45, 2.75) is 62.6 Å². The highest BCUT2D eigenvalue weighted by atomic mass is 19.4. The summed E-state index contributed by atoms with van der Waals surface area (Å²) in [6.07, 6.45) is -3.95. The van der Waals surface area contributed by atoms with E-state index in [0.29, 0.717) is 6.42 Å². The summed E-state index contributed by atoms with van der Waals surface area (Å²) in [6, 6.07) is 2.06. The van der Waals surface area contributed by atoms with E-state index in [2.05, 4.69) is 5.32 Å². The monoisotopic (exact) mass is 333 g/mol. The van der Waals surface area contributed by atoms with Crippen LogP contribution < -0.4 is 5.32 Å². The van der Waals surface area contributed by atoms with Crippen molar-refractivity contribution in [3.05, 3.63) is 23.7 Å². The number of hydrogen-bond donors (Lipinski definition) is 2. The number of halogens is 3. The first-order valence-corrected chi connectivity index (χ1v) is 7.50. The van der Waals surface area contributed by atoms with Crippen LogP contribution in [0.5, 0.6) is 0 Å². The Balaban J connectivity index is 1.72. The fraction of sp³-hybridized carbons (Fsp3) is 0.667. The molecule has 23 heavy (non-hydrogen) atoms. The number of ether oxygens (including phenoxy) is 1. The number of hydrogen-bond acceptors (Lipinski definition) is 4. The van der Waals surface area contributed by atoms with E-state index in [1.807, 2.05) is 0 Å². The van der Waals surface area contributed by atoms with Crippen molar-refractivity contribution in [2.24, 2.45) is 0 Å². The Hall–Kier alpha value is -1.54. The molecule has 1 aromatic heterocycles. The average Bonchev–Trinajstić information content (AvgIpc) is 3.13. The summed E-state index contributed by atoms with van der Waals surface area (Å²) in [7, 11) is 0. The van der Waals surface area contributed by atoms with Gasteiger partial charge in [-0.1, -0.05) is 0 Å². The summed E-state index contributed by atoms with van der Waals surface area (Å²) in [5.74, 6) is -1.33. The third kappa shape index (κ3) is 2.97. The van der Waals surface area contributed by atoms with Gasteiger partial charge in [0.15, 0.2) is 0 Å². The summed E-state index contributed by atoms with van der Waals surface area (Å²) in [6.45, 7) is 1.47. The van der Waals surface area contributed by atoms with Crippen molar-refractivity contribution in [3.63, 3.8) is 0 Å². The van der Waals surface area contributed by atoms with Crippen molar-refractivity contribution in [1.82, 2.24) is 5.32 Å². The first-order chi connectivity index (χ1) is 10.7. The highest BCUT2D eigenvalue weighted by Gasteiger charge is 2.58. The quantitative estimate of drug-likeness (QED) is 0.886. The molecular weight excluding hydrogens is 315 g/mol. The Morgan fingerprint density at radius 1 is 1.39 bits per heavy atom. The molecule has 3 heterocycles. The second kappa shape index (κ2) is 5.52. The second-order valence-electron chi connectivity index (χ2n) is 6.23. The molecule has 2 saturated heterocycles. The lowest BCUT2D eigenvalue weighted by Gasteiger charge is -2.29. The van der Waals surface area contributed by atoms with Gasteiger partial charge in [-0.2, -0.15) is 13.2 Å². The lowest BCUT2D eigenvalue weighted by molar-refractivity contribution is -0.273. The molecule has 2 fully saturated rings. The Morgan fingerprint density at radius 3 is 2.61 bits per heavy atom. The van der Waals surface area contributed by atoms with Crippen LogP contribution in [-0.2, 0) is 15.1 Å². The molecule has 0 saturated carbocycles. The molecule has 2 aliphatic rings. The molecule has 4 atom stereocenters. The lowest BCUT2D eigenvalue weighted by atomic mass is 9.93. The number of alkyl halides is 3. The molecule has 0 spiro atoms. The van der Waals surface area contributed by atoms with Crippen molar-refractivity contribution < 1.29 is 32.2 Å². The van der Waals surface area contributed by atoms with E-state index in [9.17, 15) is 23.1 Å². The first-order valence-electron chi connectivity index (χ1n) is 7.50. The second-order valence-corrected chi connectivity index (χ2v) is 6.23. The van der Waals surface area contributed by atoms with E-state index in [1.165, 1.54) is 13.0 Å². The zero-order valence-corrected chi connectivity index (χ0v) is 12.5. The number of furan rings is 1. The number of amides is 1. The zero-order chi connectivity index (χ0) is 16.8. The van der Waals surface area contributed by atoms with Crippen LogP contribution in [0.4, 0.5) is 13.2 Å². The maximum Gasteiger partial charge on any atom is 0.425 e. The Morgan fingerprint density at radius 2 is 2.13 bits per heavy atom. The van der Waals surface area contributed by atoms with E-state index < -0.39 is 29.9 Å². The van der Waals surface area contributed by atoms with Crippen LogP contribution in [0.3, 0.4) is 0 Å². The fourth-order valence-electron chi connectivity index (χ4n) is 3.26. The Labute approximate surface area is 130 Å². The summed E-state index contributed by atoms with van der Waals surface area (Å²) >= 11 is 0. The molecule has 2 bridgehead atoms. The number of carbonyl (C=O) groups excluding carboxylic acids is 1. The molecule has 2 aliphatic heterocycles. The standard InChI is InChI=1S/C15H18F3NO4/c1-8-2-5-12(22-8)14(21,15(16,17)18)7-13(20)19-10-6-9-3-4-11(10)23-9/h2,5,9-11,21H,3-4,6-7H2,1H3,(H,19,20). The van der Waals surface area contributed by atoms with Crippen molar-refractivity contribution >= 4 is 5.91 Å². The SMILES string of the molecule is Cc1ccc(C(O)(CC(=O)NC2CC3CCC2O3)C(F)(F)F)o1. The number of nitrogens with one attached hydrogen (secondary N) is 1. The number of aryl methyl sites for hydroxylation is 1. The van der Waals surface area contributed by atoms with Crippen LogP contribution >= 0.6 is 0 Å². The van der Waals surface area contributed by atoms with Crippen molar-refractivity contribution in [2.75, 3.05) is 0 Å². The van der Waals surface area contributed by atoms with Gasteiger partial charge in [0.05, 0.1) is 24.7 Å². The normalized spacial score (nSPS) is 29.5. The van der Waals surface area contributed by atoms with Crippen LogP contribution in [0.1, 0.15) is 37.2 Å². The number of aliphatic hydroxyl groups is 1. The molecule has 0 radical (unpaired) electrons. The molecule has 5 nitrogen and oxygen atoms in total. The molecule has 128 valence electrons. The van der Waals surface area contributed by atoms with Gasteiger partial charge in [0.1, 0.15) is 11.5 Å². The summed E-state index contributed by atoms with van der Waals surface area (Å²) in [4.78, 5) is 12.0. The minimum absolute atomic E-state index is 0.0690. The maximum absolute atomic E-state index is 13.3. The van der Waals surface area contributed by atoms with E-state index in [-0.39, 0.29) is 24.0 Å². The zero-order valence-electron chi connectivity index (χ0n) is 12.5. The summed E-state index contributed by atoms with van der Waals surface area (Å²) < 4.78 is 50.4. The number of fused-ring (bicyclic) bond motifs is 2. The number of carbonyl (C=O) groups is 1. The van der Waals surface area contributed by atoms with Gasteiger partial charge in [0.25, 0.3) is 0 Å². The lowest BCUT2D eigenvalue weighted by Crippen LogP contribution is -2.49. The molecule has 3 rings (SSSR count). The maximum atomic E-state index is 13.3. The smallest absolute Gasteiger partial charge is 0.425 e. The summed E-state index contributed by atoms with van der Waals surface area (Å²) in [5, 5.41) is 12.6. The highest BCUT2D eigenvalue weighted by Crippen LogP contribution is 2.42. The van der Waals surface area contributed by atoms with Gasteiger partial charge in [-0.15, -0.1) is 0 Å². The topological polar surface area (TPSA) is 71.7 Å².